The lowest BCUT2D eigenvalue weighted by atomic mass is 9.92. The average Bonchev–Trinajstić information content (AvgIpc) is 3.11. The first-order chi connectivity index (χ1) is 9.22. The van der Waals surface area contributed by atoms with Gasteiger partial charge in [0.1, 0.15) is 0 Å². The molecule has 1 N–H and O–H groups in total. The van der Waals surface area contributed by atoms with E-state index in [4.69, 9.17) is 0 Å². The zero-order valence-corrected chi connectivity index (χ0v) is 12.8. The number of hydrogen-bond acceptors (Lipinski definition) is 2. The van der Waals surface area contributed by atoms with E-state index in [1.807, 2.05) is 0 Å². The molecule has 0 aromatic carbocycles. The fourth-order valence-corrected chi connectivity index (χ4v) is 6.20. The van der Waals surface area contributed by atoms with Crippen molar-refractivity contribution in [3.8, 4) is 0 Å². The Labute approximate surface area is 121 Å². The number of fused-ring (bicyclic) bond motifs is 4. The summed E-state index contributed by atoms with van der Waals surface area (Å²) in [4.78, 5) is 0. The van der Waals surface area contributed by atoms with Gasteiger partial charge in [0.05, 0.1) is 0 Å². The van der Waals surface area contributed by atoms with Gasteiger partial charge in [-0.15, -0.1) is 0 Å². The number of thioether (sulfide) groups is 1. The van der Waals surface area contributed by atoms with E-state index in [0.717, 1.165) is 35.1 Å². The Bertz CT molecular complexity index is 415. The highest BCUT2D eigenvalue weighted by atomic mass is 32.2. The summed E-state index contributed by atoms with van der Waals surface area (Å²) in [5.41, 5.74) is 0. The highest BCUT2D eigenvalue weighted by Gasteiger charge is 2.54. The molecule has 4 aliphatic rings. The van der Waals surface area contributed by atoms with Crippen LogP contribution in [0.5, 0.6) is 0 Å². The summed E-state index contributed by atoms with van der Waals surface area (Å²) in [5, 5.41) is 5.54. The third-order valence-electron chi connectivity index (χ3n) is 5.79. The van der Waals surface area contributed by atoms with Gasteiger partial charge in [0, 0.05) is 22.6 Å². The van der Waals surface area contributed by atoms with Gasteiger partial charge in [0.15, 0.2) is 0 Å². The molecule has 4 rings (SSSR count). The molecule has 0 aromatic rings. The standard InChI is InChI=1S/C17H25NS/c1-10-5-3-4-6-16(10)19-17-9-14-11(2)7-15(18-14)12-8-13(12)17/h3-6,10-18H,7-9H2,1-2H3. The molecule has 104 valence electrons. The summed E-state index contributed by atoms with van der Waals surface area (Å²) in [6, 6.07) is 1.66. The molecule has 19 heavy (non-hydrogen) atoms. The maximum Gasteiger partial charge on any atom is 0.0293 e. The van der Waals surface area contributed by atoms with Crippen LogP contribution in [0.2, 0.25) is 0 Å². The van der Waals surface area contributed by atoms with Crippen molar-refractivity contribution in [1.82, 2.24) is 5.32 Å². The number of allylic oxidation sites excluding steroid dienone is 3. The maximum atomic E-state index is 3.93. The lowest BCUT2D eigenvalue weighted by Crippen LogP contribution is -2.32. The first kappa shape index (κ1) is 12.5. The van der Waals surface area contributed by atoms with E-state index in [9.17, 15) is 0 Å². The quantitative estimate of drug-likeness (QED) is 0.826. The summed E-state index contributed by atoms with van der Waals surface area (Å²) in [7, 11) is 0. The van der Waals surface area contributed by atoms with Crippen molar-refractivity contribution in [3.05, 3.63) is 24.3 Å². The van der Waals surface area contributed by atoms with Crippen LogP contribution < -0.4 is 5.32 Å². The van der Waals surface area contributed by atoms with Crippen LogP contribution in [0.4, 0.5) is 0 Å². The normalized spacial score (nSPS) is 54.8. The van der Waals surface area contributed by atoms with Crippen molar-refractivity contribution < 1.29 is 0 Å². The zero-order chi connectivity index (χ0) is 13.0. The minimum absolute atomic E-state index is 0.707. The Hall–Kier alpha value is -0.210. The van der Waals surface area contributed by atoms with Crippen molar-refractivity contribution >= 4 is 11.8 Å². The third-order valence-corrected chi connectivity index (χ3v) is 7.58. The molecule has 0 amide bonds. The second-order valence-corrected chi connectivity index (χ2v) is 8.58. The van der Waals surface area contributed by atoms with Crippen molar-refractivity contribution in [2.24, 2.45) is 23.7 Å². The lowest BCUT2D eigenvalue weighted by molar-refractivity contribution is 0.437. The molecule has 0 spiro atoms. The summed E-state index contributed by atoms with van der Waals surface area (Å²) in [6.07, 6.45) is 13.6. The SMILES string of the molecule is CC1C=CC=CC1SC1CC2NC(CC2C)C2CC12. The topological polar surface area (TPSA) is 12.0 Å². The Morgan fingerprint density at radius 2 is 1.79 bits per heavy atom. The number of nitrogens with one attached hydrogen (secondary N) is 1. The van der Waals surface area contributed by atoms with Crippen LogP contribution in [0.15, 0.2) is 24.3 Å². The molecule has 2 heteroatoms. The average molecular weight is 275 g/mol. The molecule has 2 heterocycles. The molecule has 0 aromatic heterocycles. The van der Waals surface area contributed by atoms with E-state index in [1.54, 1.807) is 0 Å². The second kappa shape index (κ2) is 4.66. The van der Waals surface area contributed by atoms with Gasteiger partial charge in [-0.25, -0.2) is 0 Å². The first-order valence-electron chi connectivity index (χ1n) is 7.99. The van der Waals surface area contributed by atoms with Crippen LogP contribution in [0, 0.1) is 23.7 Å². The fraction of sp³-hybridized carbons (Fsp3) is 0.765. The molecule has 3 fully saturated rings. The van der Waals surface area contributed by atoms with Gasteiger partial charge < -0.3 is 5.32 Å². The van der Waals surface area contributed by atoms with E-state index in [-0.39, 0.29) is 0 Å². The molecule has 1 nitrogen and oxygen atoms in total. The summed E-state index contributed by atoms with van der Waals surface area (Å²) >= 11 is 2.28. The minimum atomic E-state index is 0.707. The van der Waals surface area contributed by atoms with Crippen molar-refractivity contribution in [2.45, 2.75) is 55.7 Å². The van der Waals surface area contributed by atoms with E-state index in [2.05, 4.69) is 55.2 Å². The molecule has 2 aliphatic carbocycles. The highest BCUT2D eigenvalue weighted by molar-refractivity contribution is 8.00. The minimum Gasteiger partial charge on any atom is -0.311 e. The van der Waals surface area contributed by atoms with Crippen LogP contribution in [0.1, 0.15) is 33.1 Å². The lowest BCUT2D eigenvalue weighted by Gasteiger charge is -2.28. The molecule has 2 bridgehead atoms. The molecule has 2 saturated heterocycles. The Balaban J connectivity index is 1.47. The third kappa shape index (κ3) is 2.21. The smallest absolute Gasteiger partial charge is 0.0293 e. The molecule has 2 aliphatic heterocycles. The predicted octanol–water partition coefficient (Wildman–Crippen LogP) is 3.63. The Kier molecular flexibility index (Phi) is 3.07. The monoisotopic (exact) mass is 275 g/mol. The molecular formula is C17H25NS. The van der Waals surface area contributed by atoms with Crippen LogP contribution in [-0.2, 0) is 0 Å². The molecule has 8 unspecified atom stereocenters. The van der Waals surface area contributed by atoms with Crippen molar-refractivity contribution in [1.29, 1.82) is 0 Å². The van der Waals surface area contributed by atoms with Gasteiger partial charge in [-0.1, -0.05) is 38.2 Å². The highest BCUT2D eigenvalue weighted by Crippen LogP contribution is 2.55. The second-order valence-electron chi connectivity index (χ2n) is 7.16. The number of rotatable bonds is 2. The van der Waals surface area contributed by atoms with Crippen LogP contribution in [0.25, 0.3) is 0 Å². The van der Waals surface area contributed by atoms with E-state index >= 15 is 0 Å². The molecule has 8 atom stereocenters. The molecular weight excluding hydrogens is 250 g/mol. The molecule has 1 saturated carbocycles. The van der Waals surface area contributed by atoms with E-state index in [0.29, 0.717) is 11.2 Å². The van der Waals surface area contributed by atoms with E-state index < -0.39 is 0 Å². The predicted molar refractivity (Wildman–Crippen MR) is 83.3 cm³/mol. The van der Waals surface area contributed by atoms with Gasteiger partial charge in [-0.3, -0.25) is 0 Å². The van der Waals surface area contributed by atoms with Crippen LogP contribution in [-0.4, -0.2) is 22.6 Å². The van der Waals surface area contributed by atoms with Gasteiger partial charge >= 0.3 is 0 Å². The first-order valence-corrected chi connectivity index (χ1v) is 8.93. The number of hydrogen-bond donors (Lipinski definition) is 1. The fourth-order valence-electron chi connectivity index (χ4n) is 4.45. The van der Waals surface area contributed by atoms with Gasteiger partial charge in [0.2, 0.25) is 0 Å². The van der Waals surface area contributed by atoms with Crippen molar-refractivity contribution in [2.75, 3.05) is 0 Å². The Morgan fingerprint density at radius 3 is 2.63 bits per heavy atom. The van der Waals surface area contributed by atoms with Gasteiger partial charge in [-0.2, -0.15) is 11.8 Å². The maximum absolute atomic E-state index is 3.93. The van der Waals surface area contributed by atoms with Gasteiger partial charge in [0.25, 0.3) is 0 Å². The van der Waals surface area contributed by atoms with Crippen molar-refractivity contribution in [3.63, 3.8) is 0 Å². The summed E-state index contributed by atoms with van der Waals surface area (Å²) in [6.45, 7) is 4.82. The Morgan fingerprint density at radius 1 is 0.947 bits per heavy atom. The van der Waals surface area contributed by atoms with E-state index in [1.165, 1.54) is 19.3 Å². The van der Waals surface area contributed by atoms with Gasteiger partial charge in [-0.05, 0) is 42.9 Å². The molecule has 0 radical (unpaired) electrons. The zero-order valence-electron chi connectivity index (χ0n) is 12.0. The van der Waals surface area contributed by atoms with Crippen LogP contribution in [0.3, 0.4) is 0 Å². The summed E-state index contributed by atoms with van der Waals surface area (Å²) in [5.74, 6) is 3.63. The van der Waals surface area contributed by atoms with Crippen LogP contribution >= 0.6 is 11.8 Å². The summed E-state index contributed by atoms with van der Waals surface area (Å²) < 4.78 is 0. The largest absolute Gasteiger partial charge is 0.311 e.